The number of anilines is 1. The summed E-state index contributed by atoms with van der Waals surface area (Å²) >= 11 is 7.58. The number of non-ortho nitro benzene ring substituents is 1. The summed E-state index contributed by atoms with van der Waals surface area (Å²) < 4.78 is 5.94. The minimum atomic E-state index is -0.436. The highest BCUT2D eigenvalue weighted by atomic mass is 35.5. The van der Waals surface area contributed by atoms with Crippen LogP contribution in [0.2, 0.25) is 5.02 Å². The molecule has 2 heterocycles. The lowest BCUT2D eigenvalue weighted by molar-refractivity contribution is -0.384. The first kappa shape index (κ1) is 26.8. The molecule has 5 rings (SSSR count). The number of thiophene rings is 1. The summed E-state index contributed by atoms with van der Waals surface area (Å²) in [6.07, 6.45) is 4.39. The van der Waals surface area contributed by atoms with Crippen LogP contribution in [-0.2, 0) is 12.8 Å². The number of benzene rings is 2. The Kier molecular flexibility index (Phi) is 7.42. The molecule has 0 aliphatic heterocycles. The van der Waals surface area contributed by atoms with Crippen LogP contribution in [0.15, 0.2) is 70.1 Å². The van der Waals surface area contributed by atoms with Gasteiger partial charge >= 0.3 is 0 Å². The largest absolute Gasteiger partial charge is 0.455 e. The first-order valence-electron chi connectivity index (χ1n) is 12.7. The van der Waals surface area contributed by atoms with Crippen LogP contribution in [0.5, 0.6) is 0 Å². The fourth-order valence-electron chi connectivity index (χ4n) is 4.81. The number of nitrogens with one attached hydrogen (secondary N) is 1. The first-order valence-corrected chi connectivity index (χ1v) is 13.9. The van der Waals surface area contributed by atoms with Crippen molar-refractivity contribution in [2.24, 2.45) is 16.3 Å². The number of nitro groups is 1. The Morgan fingerprint density at radius 2 is 1.85 bits per heavy atom. The molecular formula is C30H28ClN3O4S. The van der Waals surface area contributed by atoms with Crippen LogP contribution in [-0.4, -0.2) is 17.0 Å². The fourth-order valence-corrected chi connectivity index (χ4v) is 6.20. The van der Waals surface area contributed by atoms with Crippen LogP contribution >= 0.6 is 22.9 Å². The predicted molar refractivity (Wildman–Crippen MR) is 157 cm³/mol. The van der Waals surface area contributed by atoms with Gasteiger partial charge in [0.05, 0.1) is 16.7 Å². The summed E-state index contributed by atoms with van der Waals surface area (Å²) in [7, 11) is 0. The Labute approximate surface area is 235 Å². The van der Waals surface area contributed by atoms with Crippen LogP contribution < -0.4 is 5.32 Å². The van der Waals surface area contributed by atoms with Gasteiger partial charge < -0.3 is 9.73 Å². The molecule has 7 nitrogen and oxygen atoms in total. The zero-order chi connectivity index (χ0) is 27.7. The van der Waals surface area contributed by atoms with E-state index in [1.54, 1.807) is 66.1 Å². The van der Waals surface area contributed by atoms with Gasteiger partial charge in [0.25, 0.3) is 11.6 Å². The lowest BCUT2D eigenvalue weighted by atomic mass is 9.72. The average Bonchev–Trinajstić information content (AvgIpc) is 3.52. The van der Waals surface area contributed by atoms with Gasteiger partial charge in [-0.25, -0.2) is 4.99 Å². The molecule has 0 saturated carbocycles. The van der Waals surface area contributed by atoms with Crippen LogP contribution in [0.3, 0.4) is 0 Å². The van der Waals surface area contributed by atoms with Crippen molar-refractivity contribution < 1.29 is 14.1 Å². The maximum atomic E-state index is 13.5. The Bertz CT molecular complexity index is 1550. The number of hydrogen-bond donors (Lipinski definition) is 1. The summed E-state index contributed by atoms with van der Waals surface area (Å²) in [5, 5.41) is 15.2. The number of amides is 1. The quantitative estimate of drug-likeness (QED) is 0.144. The molecule has 4 aromatic rings. The van der Waals surface area contributed by atoms with Crippen LogP contribution in [0.4, 0.5) is 16.4 Å². The topological polar surface area (TPSA) is 97.7 Å². The molecule has 1 N–H and O–H groups in total. The zero-order valence-corrected chi connectivity index (χ0v) is 23.4. The second-order valence-corrected chi connectivity index (χ2v) is 12.2. The SMILES string of the molecule is CC(C)(C)[C@@H]1CCc2c(sc(N=Cc3ccc(-c4ccc([N+](=O)[O-])cc4)o3)c2C(=O)Nc2ccc(Cl)cc2)C1. The van der Waals surface area contributed by atoms with E-state index in [-0.39, 0.29) is 17.0 Å². The monoisotopic (exact) mass is 561 g/mol. The maximum absolute atomic E-state index is 13.5. The Balaban J connectivity index is 1.44. The van der Waals surface area contributed by atoms with Crippen molar-refractivity contribution in [3.63, 3.8) is 0 Å². The lowest BCUT2D eigenvalue weighted by Crippen LogP contribution is -2.27. The lowest BCUT2D eigenvalue weighted by Gasteiger charge is -2.33. The Morgan fingerprint density at radius 3 is 2.51 bits per heavy atom. The minimum Gasteiger partial charge on any atom is -0.455 e. The predicted octanol–water partition coefficient (Wildman–Crippen LogP) is 8.72. The number of rotatable bonds is 6. The van der Waals surface area contributed by atoms with Crippen molar-refractivity contribution >= 4 is 51.4 Å². The van der Waals surface area contributed by atoms with Crippen LogP contribution in [0.25, 0.3) is 11.3 Å². The molecule has 39 heavy (non-hydrogen) atoms. The van der Waals surface area contributed by atoms with Crippen molar-refractivity contribution in [1.29, 1.82) is 0 Å². The van der Waals surface area contributed by atoms with E-state index >= 15 is 0 Å². The van der Waals surface area contributed by atoms with E-state index in [4.69, 9.17) is 21.0 Å². The zero-order valence-electron chi connectivity index (χ0n) is 21.9. The minimum absolute atomic E-state index is 0.0202. The molecule has 1 aliphatic carbocycles. The van der Waals surface area contributed by atoms with E-state index in [0.29, 0.717) is 38.7 Å². The number of furan rings is 1. The number of aliphatic imine (C=N–C) groups is 1. The molecule has 0 radical (unpaired) electrons. The Morgan fingerprint density at radius 1 is 1.13 bits per heavy atom. The molecule has 1 amide bonds. The van der Waals surface area contributed by atoms with Gasteiger partial charge in [0, 0.05) is 33.3 Å². The molecule has 0 bridgehead atoms. The van der Waals surface area contributed by atoms with Crippen LogP contribution in [0, 0.1) is 21.4 Å². The third kappa shape index (κ3) is 5.97. The van der Waals surface area contributed by atoms with E-state index in [2.05, 4.69) is 26.1 Å². The number of halogens is 1. The highest BCUT2D eigenvalue weighted by Crippen LogP contribution is 2.45. The van der Waals surface area contributed by atoms with Crippen molar-refractivity contribution in [1.82, 2.24) is 0 Å². The molecule has 200 valence electrons. The van der Waals surface area contributed by atoms with Crippen molar-refractivity contribution in [3.8, 4) is 11.3 Å². The number of nitrogens with zero attached hydrogens (tertiary/aromatic N) is 2. The molecule has 2 aromatic carbocycles. The Hall–Kier alpha value is -3.75. The second-order valence-electron chi connectivity index (χ2n) is 10.7. The highest BCUT2D eigenvalue weighted by Gasteiger charge is 2.33. The molecule has 1 aliphatic rings. The third-order valence-corrected chi connectivity index (χ3v) is 8.51. The van der Waals surface area contributed by atoms with E-state index in [0.717, 1.165) is 30.4 Å². The van der Waals surface area contributed by atoms with E-state index in [1.165, 1.54) is 17.0 Å². The van der Waals surface area contributed by atoms with Crippen LogP contribution in [0.1, 0.15) is 53.8 Å². The van der Waals surface area contributed by atoms with Crippen molar-refractivity contribution in [2.75, 3.05) is 5.32 Å². The normalized spacial score (nSPS) is 15.3. The van der Waals surface area contributed by atoms with E-state index in [1.807, 2.05) is 0 Å². The number of hydrogen-bond acceptors (Lipinski definition) is 6. The van der Waals surface area contributed by atoms with Crippen molar-refractivity contribution in [2.45, 2.75) is 40.0 Å². The standard InChI is InChI=1S/C30H28ClN3O4S/c1-30(2,3)19-6-14-24-26(16-19)39-29(27(24)28(35)33-21-9-7-20(31)8-10-21)32-17-23-13-15-25(38-23)18-4-11-22(12-5-18)34(36)37/h4-5,7-13,15,17,19H,6,14,16H2,1-3H3,(H,33,35)/t19-/m1/s1. The molecule has 0 fully saturated rings. The number of fused-ring (bicyclic) bond motifs is 1. The highest BCUT2D eigenvalue weighted by molar-refractivity contribution is 7.16. The number of nitro benzene ring substituents is 1. The summed E-state index contributed by atoms with van der Waals surface area (Å²) in [6.45, 7) is 6.80. The van der Waals surface area contributed by atoms with Gasteiger partial charge in [-0.1, -0.05) is 32.4 Å². The third-order valence-electron chi connectivity index (χ3n) is 7.10. The van der Waals surface area contributed by atoms with Gasteiger partial charge in [-0.15, -0.1) is 11.3 Å². The molecule has 9 heteroatoms. The summed E-state index contributed by atoms with van der Waals surface area (Å²) in [4.78, 5) is 30.0. The molecule has 0 saturated heterocycles. The van der Waals surface area contributed by atoms with Gasteiger partial charge in [-0.3, -0.25) is 14.9 Å². The summed E-state index contributed by atoms with van der Waals surface area (Å²) in [5.41, 5.74) is 3.27. The van der Waals surface area contributed by atoms with Gasteiger partial charge in [-0.2, -0.15) is 0 Å². The molecule has 0 unspecified atom stereocenters. The van der Waals surface area contributed by atoms with Gasteiger partial charge in [0.2, 0.25) is 0 Å². The fraction of sp³-hybridized carbons (Fsp3) is 0.267. The molecule has 2 aromatic heterocycles. The van der Waals surface area contributed by atoms with Gasteiger partial charge in [-0.05, 0) is 84.7 Å². The summed E-state index contributed by atoms with van der Waals surface area (Å²) in [6, 6.07) is 16.8. The number of carbonyl (C=O) groups excluding carboxylic acids is 1. The van der Waals surface area contributed by atoms with Gasteiger partial charge in [0.1, 0.15) is 16.5 Å². The molecule has 1 atom stereocenters. The van der Waals surface area contributed by atoms with Crippen molar-refractivity contribution in [3.05, 3.63) is 97.6 Å². The summed E-state index contributed by atoms with van der Waals surface area (Å²) in [5.74, 6) is 1.43. The second kappa shape index (κ2) is 10.8. The van der Waals surface area contributed by atoms with Gasteiger partial charge in [0.15, 0.2) is 0 Å². The smallest absolute Gasteiger partial charge is 0.269 e. The van der Waals surface area contributed by atoms with E-state index in [9.17, 15) is 14.9 Å². The maximum Gasteiger partial charge on any atom is 0.269 e. The number of carbonyl (C=O) groups is 1. The first-order chi connectivity index (χ1) is 18.6. The average molecular weight is 562 g/mol. The molecule has 0 spiro atoms. The molecular weight excluding hydrogens is 534 g/mol. The van der Waals surface area contributed by atoms with E-state index < -0.39 is 4.92 Å².